The fraction of sp³-hybridized carbons (Fsp3) is 0.462. The second kappa shape index (κ2) is 7.52. The molecule has 2 aliphatic rings. The Kier molecular flexibility index (Phi) is 5.33. The Morgan fingerprint density at radius 2 is 1.66 bits per heavy atom. The van der Waals surface area contributed by atoms with Gasteiger partial charge in [0.15, 0.2) is 0 Å². The summed E-state index contributed by atoms with van der Waals surface area (Å²) in [6, 6.07) is 11.5. The molecule has 1 aliphatic heterocycles. The quantitative estimate of drug-likeness (QED) is 0.615. The molecule has 1 aliphatic carbocycles. The van der Waals surface area contributed by atoms with Gasteiger partial charge in [-0.3, -0.25) is 0 Å². The number of ether oxygens (including phenoxy) is 1. The molecular formula is C26H33NOS. The molecule has 4 rings (SSSR count). The van der Waals surface area contributed by atoms with Crippen molar-refractivity contribution in [2.75, 3.05) is 19.5 Å². The van der Waals surface area contributed by atoms with Crippen LogP contribution in [0.1, 0.15) is 62.8 Å². The van der Waals surface area contributed by atoms with E-state index in [1.54, 1.807) is 7.11 Å². The first-order valence-electron chi connectivity index (χ1n) is 10.6. The minimum absolute atomic E-state index is 0.201. The average Bonchev–Trinajstić information content (AvgIpc) is 3.18. The lowest BCUT2D eigenvalue weighted by atomic mass is 9.62. The number of methoxy groups -OCH3 is 1. The Morgan fingerprint density at radius 1 is 0.966 bits per heavy atom. The van der Waals surface area contributed by atoms with Crippen molar-refractivity contribution in [2.24, 2.45) is 0 Å². The van der Waals surface area contributed by atoms with E-state index >= 15 is 0 Å². The minimum Gasteiger partial charge on any atom is -0.496 e. The van der Waals surface area contributed by atoms with E-state index < -0.39 is 0 Å². The normalized spacial score (nSPS) is 21.2. The molecule has 0 spiro atoms. The number of hydrogen-bond donors (Lipinski definition) is 1. The van der Waals surface area contributed by atoms with Crippen LogP contribution in [0.3, 0.4) is 0 Å². The summed E-state index contributed by atoms with van der Waals surface area (Å²) in [5.74, 6) is 1.95. The summed E-state index contributed by atoms with van der Waals surface area (Å²) in [4.78, 5) is 1.39. The summed E-state index contributed by atoms with van der Waals surface area (Å²) in [6.45, 7) is 12.8. The lowest BCUT2D eigenvalue weighted by Crippen LogP contribution is -2.34. The molecule has 2 aromatic rings. The first-order valence-corrected chi connectivity index (χ1v) is 11.6. The molecule has 0 atom stereocenters. The van der Waals surface area contributed by atoms with Gasteiger partial charge in [0.1, 0.15) is 5.75 Å². The van der Waals surface area contributed by atoms with Gasteiger partial charge in [0.05, 0.1) is 7.11 Å². The van der Waals surface area contributed by atoms with Crippen molar-refractivity contribution in [1.29, 1.82) is 0 Å². The third-order valence-corrected chi connectivity index (χ3v) is 7.68. The lowest BCUT2D eigenvalue weighted by Gasteiger charge is -2.42. The Balaban J connectivity index is 1.87. The van der Waals surface area contributed by atoms with Crippen molar-refractivity contribution < 1.29 is 4.74 Å². The summed E-state index contributed by atoms with van der Waals surface area (Å²) < 4.78 is 5.78. The van der Waals surface area contributed by atoms with Gasteiger partial charge >= 0.3 is 0 Å². The van der Waals surface area contributed by atoms with Crippen LogP contribution in [0, 0.1) is 6.92 Å². The summed E-state index contributed by atoms with van der Waals surface area (Å²) in [5.41, 5.74) is 8.50. The number of aryl methyl sites for hydroxylation is 1. The highest BCUT2D eigenvalue weighted by Gasteiger charge is 2.37. The van der Waals surface area contributed by atoms with E-state index in [1.807, 2.05) is 11.8 Å². The van der Waals surface area contributed by atoms with Crippen LogP contribution in [0.25, 0.3) is 17.2 Å². The van der Waals surface area contributed by atoms with Crippen LogP contribution >= 0.6 is 11.8 Å². The highest BCUT2D eigenvalue weighted by atomic mass is 32.2. The Labute approximate surface area is 180 Å². The zero-order chi connectivity index (χ0) is 20.8. The van der Waals surface area contributed by atoms with Crippen LogP contribution in [0.2, 0.25) is 0 Å². The molecule has 1 fully saturated rings. The molecule has 1 N–H and O–H groups in total. The second-order valence-electron chi connectivity index (χ2n) is 9.77. The van der Waals surface area contributed by atoms with Gasteiger partial charge in [-0.05, 0) is 82.7 Å². The minimum atomic E-state index is 0.201. The Morgan fingerprint density at radius 3 is 2.28 bits per heavy atom. The maximum absolute atomic E-state index is 5.78. The van der Waals surface area contributed by atoms with Crippen LogP contribution in [0.5, 0.6) is 5.75 Å². The van der Waals surface area contributed by atoms with E-state index in [0.717, 1.165) is 18.2 Å². The van der Waals surface area contributed by atoms with Crippen molar-refractivity contribution in [3.63, 3.8) is 0 Å². The zero-order valence-electron chi connectivity index (χ0n) is 18.6. The molecule has 2 nitrogen and oxygen atoms in total. The molecule has 0 unspecified atom stereocenters. The third kappa shape index (κ3) is 3.87. The van der Waals surface area contributed by atoms with Crippen LogP contribution in [0.15, 0.2) is 35.2 Å². The van der Waals surface area contributed by atoms with Gasteiger partial charge in [-0.1, -0.05) is 39.8 Å². The van der Waals surface area contributed by atoms with Gasteiger partial charge in [-0.25, -0.2) is 0 Å². The molecule has 29 heavy (non-hydrogen) atoms. The highest BCUT2D eigenvalue weighted by molar-refractivity contribution is 8.03. The van der Waals surface area contributed by atoms with E-state index in [4.69, 9.17) is 4.74 Å². The predicted octanol–water partition coefficient (Wildman–Crippen LogP) is 6.65. The highest BCUT2D eigenvalue weighted by Crippen LogP contribution is 2.48. The molecular weight excluding hydrogens is 374 g/mol. The number of hydrogen-bond acceptors (Lipinski definition) is 3. The molecule has 154 valence electrons. The summed E-state index contributed by atoms with van der Waals surface area (Å²) in [6.07, 6.45) is 4.77. The summed E-state index contributed by atoms with van der Waals surface area (Å²) in [5, 5.41) is 3.39. The average molecular weight is 408 g/mol. The smallest absolute Gasteiger partial charge is 0.126 e. The zero-order valence-corrected chi connectivity index (χ0v) is 19.4. The van der Waals surface area contributed by atoms with Crippen molar-refractivity contribution >= 4 is 17.8 Å². The van der Waals surface area contributed by atoms with E-state index in [0.29, 0.717) is 0 Å². The number of fused-ring (bicyclic) bond motifs is 1. The van der Waals surface area contributed by atoms with E-state index in [9.17, 15) is 0 Å². The molecule has 0 aromatic heterocycles. The van der Waals surface area contributed by atoms with Crippen molar-refractivity contribution in [3.05, 3.63) is 57.5 Å². The van der Waals surface area contributed by atoms with E-state index in [2.05, 4.69) is 76.3 Å². The molecule has 0 saturated carbocycles. The monoisotopic (exact) mass is 407 g/mol. The largest absolute Gasteiger partial charge is 0.496 e. The van der Waals surface area contributed by atoms with E-state index in [1.165, 1.54) is 51.1 Å². The van der Waals surface area contributed by atoms with Gasteiger partial charge in [0.2, 0.25) is 0 Å². The molecule has 1 heterocycles. The Hall–Kier alpha value is -1.71. The third-order valence-electron chi connectivity index (χ3n) is 6.70. The maximum atomic E-state index is 5.78. The molecule has 0 amide bonds. The van der Waals surface area contributed by atoms with Gasteiger partial charge in [-0.15, -0.1) is 11.8 Å². The van der Waals surface area contributed by atoms with Gasteiger partial charge in [-0.2, -0.15) is 0 Å². The lowest BCUT2D eigenvalue weighted by molar-refractivity contribution is 0.332. The Bertz CT molecular complexity index is 963. The van der Waals surface area contributed by atoms with Crippen LogP contribution in [-0.2, 0) is 10.8 Å². The summed E-state index contributed by atoms with van der Waals surface area (Å²) in [7, 11) is 1.77. The number of benzene rings is 2. The summed E-state index contributed by atoms with van der Waals surface area (Å²) >= 11 is 1.89. The number of nitrogens with one attached hydrogen (secondary N) is 1. The van der Waals surface area contributed by atoms with Gasteiger partial charge in [0.25, 0.3) is 0 Å². The fourth-order valence-corrected chi connectivity index (χ4v) is 5.50. The van der Waals surface area contributed by atoms with Crippen molar-refractivity contribution in [3.8, 4) is 16.9 Å². The van der Waals surface area contributed by atoms with Crippen LogP contribution < -0.4 is 10.1 Å². The molecule has 0 radical (unpaired) electrons. The van der Waals surface area contributed by atoms with Gasteiger partial charge in [0, 0.05) is 22.9 Å². The molecule has 0 bridgehead atoms. The fourth-order valence-electron chi connectivity index (χ4n) is 4.69. The van der Waals surface area contributed by atoms with Crippen molar-refractivity contribution in [1.82, 2.24) is 5.32 Å². The SMILES string of the molecule is COc1ccc(C=C2CNCS2)cc1-c1cc2c(cc1C)C(C)(C)CCC2(C)C. The first kappa shape index (κ1) is 20.6. The molecule has 1 saturated heterocycles. The van der Waals surface area contributed by atoms with Crippen LogP contribution in [-0.4, -0.2) is 19.5 Å². The van der Waals surface area contributed by atoms with E-state index in [-0.39, 0.29) is 10.8 Å². The molecule has 3 heteroatoms. The first-order chi connectivity index (χ1) is 13.7. The van der Waals surface area contributed by atoms with Crippen LogP contribution in [0.4, 0.5) is 0 Å². The number of thioether (sulfide) groups is 1. The number of rotatable bonds is 3. The maximum Gasteiger partial charge on any atom is 0.126 e. The topological polar surface area (TPSA) is 21.3 Å². The second-order valence-corrected chi connectivity index (χ2v) is 10.9. The van der Waals surface area contributed by atoms with Crippen molar-refractivity contribution in [2.45, 2.75) is 58.3 Å². The predicted molar refractivity (Wildman–Crippen MR) is 127 cm³/mol. The standard InChI is InChI=1S/C26H33NOS/c1-17-11-22-23(26(4,5)10-9-25(22,2)3)14-20(17)21-13-18(7-8-24(21)28-6)12-19-15-27-16-29-19/h7-8,11-14,27H,9-10,15-16H2,1-6H3. The molecule has 2 aromatic carbocycles. The van der Waals surface area contributed by atoms with Gasteiger partial charge < -0.3 is 10.1 Å².